The van der Waals surface area contributed by atoms with Gasteiger partial charge in [-0.05, 0) is 30.3 Å². The molecular weight excluding hydrogens is 300 g/mol. The van der Waals surface area contributed by atoms with Crippen LogP contribution < -0.4 is 10.5 Å². The van der Waals surface area contributed by atoms with Gasteiger partial charge in [-0.25, -0.2) is 17.2 Å². The van der Waals surface area contributed by atoms with Gasteiger partial charge in [0.15, 0.2) is 9.84 Å². The van der Waals surface area contributed by atoms with E-state index in [9.17, 15) is 17.2 Å². The monoisotopic (exact) mass is 313 g/mol. The lowest BCUT2D eigenvalue weighted by molar-refractivity contribution is 0.411. The van der Waals surface area contributed by atoms with Crippen LogP contribution in [-0.4, -0.2) is 15.5 Å². The first-order valence-electron chi connectivity index (χ1n) is 5.93. The first-order chi connectivity index (χ1) is 9.83. The highest BCUT2D eigenvalue weighted by Crippen LogP contribution is 2.27. The van der Waals surface area contributed by atoms with Gasteiger partial charge in [0.05, 0.1) is 12.9 Å². The molecule has 2 rings (SSSR count). The largest absolute Gasteiger partial charge is 0.496 e. The van der Waals surface area contributed by atoms with Gasteiger partial charge in [0.1, 0.15) is 22.3 Å². The van der Waals surface area contributed by atoms with Crippen molar-refractivity contribution in [3.8, 4) is 5.75 Å². The van der Waals surface area contributed by atoms with E-state index in [1.807, 2.05) is 0 Å². The molecule has 0 aliphatic heterocycles. The number of halogens is 2. The molecule has 7 heteroatoms. The number of sulfone groups is 1. The van der Waals surface area contributed by atoms with Crippen LogP contribution in [0, 0.1) is 11.6 Å². The van der Waals surface area contributed by atoms with E-state index in [0.717, 1.165) is 12.1 Å². The van der Waals surface area contributed by atoms with Crippen LogP contribution in [0.1, 0.15) is 5.56 Å². The lowest BCUT2D eigenvalue weighted by atomic mass is 10.2. The molecule has 2 aromatic rings. The van der Waals surface area contributed by atoms with E-state index >= 15 is 0 Å². The molecule has 21 heavy (non-hydrogen) atoms. The SMILES string of the molecule is COc1ccc(N)cc1CS(=O)(=O)c1ccc(F)cc1F. The average Bonchev–Trinajstić information content (AvgIpc) is 2.37. The summed E-state index contributed by atoms with van der Waals surface area (Å²) in [5.74, 6) is -2.13. The van der Waals surface area contributed by atoms with Crippen molar-refractivity contribution >= 4 is 15.5 Å². The van der Waals surface area contributed by atoms with E-state index in [0.29, 0.717) is 23.1 Å². The van der Waals surface area contributed by atoms with Crippen LogP contribution in [0.4, 0.5) is 14.5 Å². The molecule has 0 bridgehead atoms. The maximum absolute atomic E-state index is 13.6. The summed E-state index contributed by atoms with van der Waals surface area (Å²) in [4.78, 5) is -0.562. The van der Waals surface area contributed by atoms with E-state index < -0.39 is 32.1 Å². The van der Waals surface area contributed by atoms with Crippen LogP contribution in [0.2, 0.25) is 0 Å². The van der Waals surface area contributed by atoms with Gasteiger partial charge in [-0.3, -0.25) is 0 Å². The smallest absolute Gasteiger partial charge is 0.185 e. The molecule has 0 aliphatic carbocycles. The van der Waals surface area contributed by atoms with Gasteiger partial charge in [-0.2, -0.15) is 0 Å². The van der Waals surface area contributed by atoms with Gasteiger partial charge in [0.25, 0.3) is 0 Å². The van der Waals surface area contributed by atoms with Crippen LogP contribution in [-0.2, 0) is 15.6 Å². The first kappa shape index (κ1) is 15.2. The van der Waals surface area contributed by atoms with E-state index in [2.05, 4.69) is 0 Å². The van der Waals surface area contributed by atoms with Crippen molar-refractivity contribution in [3.05, 3.63) is 53.6 Å². The maximum atomic E-state index is 13.6. The Bertz CT molecular complexity index is 776. The Morgan fingerprint density at radius 3 is 2.48 bits per heavy atom. The summed E-state index contributed by atoms with van der Waals surface area (Å²) < 4.78 is 56.1. The number of nitrogen functional groups attached to an aromatic ring is 1. The van der Waals surface area contributed by atoms with Crippen molar-refractivity contribution in [2.75, 3.05) is 12.8 Å². The second kappa shape index (κ2) is 5.69. The number of hydrogen-bond acceptors (Lipinski definition) is 4. The number of hydrogen-bond donors (Lipinski definition) is 1. The lowest BCUT2D eigenvalue weighted by Crippen LogP contribution is -2.09. The minimum Gasteiger partial charge on any atom is -0.496 e. The fourth-order valence-electron chi connectivity index (χ4n) is 1.92. The summed E-state index contributed by atoms with van der Waals surface area (Å²) in [6.07, 6.45) is 0. The predicted molar refractivity (Wildman–Crippen MR) is 74.7 cm³/mol. The lowest BCUT2D eigenvalue weighted by Gasteiger charge is -2.10. The second-order valence-corrected chi connectivity index (χ2v) is 6.36. The number of rotatable bonds is 4. The van der Waals surface area contributed by atoms with Crippen LogP contribution >= 0.6 is 0 Å². The zero-order valence-electron chi connectivity index (χ0n) is 11.1. The minimum atomic E-state index is -3.99. The van der Waals surface area contributed by atoms with Crippen molar-refractivity contribution in [1.29, 1.82) is 0 Å². The normalized spacial score (nSPS) is 11.4. The molecule has 4 nitrogen and oxygen atoms in total. The van der Waals surface area contributed by atoms with Gasteiger partial charge >= 0.3 is 0 Å². The minimum absolute atomic E-state index is 0.307. The standard InChI is InChI=1S/C14H13F2NO3S/c1-20-13-4-3-11(17)6-9(13)8-21(18,19)14-5-2-10(15)7-12(14)16/h2-7H,8,17H2,1H3. The van der Waals surface area contributed by atoms with Crippen molar-refractivity contribution < 1.29 is 21.9 Å². The highest BCUT2D eigenvalue weighted by Gasteiger charge is 2.22. The summed E-state index contributed by atoms with van der Waals surface area (Å²) >= 11 is 0. The Morgan fingerprint density at radius 2 is 1.86 bits per heavy atom. The third kappa shape index (κ3) is 3.30. The summed E-state index contributed by atoms with van der Waals surface area (Å²) in [5, 5.41) is 0. The number of anilines is 1. The number of methoxy groups -OCH3 is 1. The fraction of sp³-hybridized carbons (Fsp3) is 0.143. The number of nitrogens with two attached hydrogens (primary N) is 1. The zero-order valence-corrected chi connectivity index (χ0v) is 12.0. The third-order valence-electron chi connectivity index (χ3n) is 2.88. The summed E-state index contributed by atoms with van der Waals surface area (Å²) in [7, 11) is -2.60. The van der Waals surface area contributed by atoms with Crippen LogP contribution in [0.5, 0.6) is 5.75 Å². The van der Waals surface area contributed by atoms with Crippen LogP contribution in [0.25, 0.3) is 0 Å². The molecule has 0 unspecified atom stereocenters. The maximum Gasteiger partial charge on any atom is 0.185 e. The van der Waals surface area contributed by atoms with Gasteiger partial charge in [0, 0.05) is 17.3 Å². The van der Waals surface area contributed by atoms with E-state index in [4.69, 9.17) is 10.5 Å². The molecule has 0 aromatic heterocycles. The number of ether oxygens (including phenoxy) is 1. The predicted octanol–water partition coefficient (Wildman–Crippen LogP) is 2.53. The van der Waals surface area contributed by atoms with E-state index in [1.54, 1.807) is 6.07 Å². The molecule has 0 amide bonds. The molecule has 0 atom stereocenters. The van der Waals surface area contributed by atoms with Crippen molar-refractivity contribution in [3.63, 3.8) is 0 Å². The van der Waals surface area contributed by atoms with Crippen LogP contribution in [0.15, 0.2) is 41.3 Å². The molecule has 0 saturated heterocycles. The Labute approximate surface area is 121 Å². The molecule has 0 aliphatic rings. The Kier molecular flexibility index (Phi) is 4.13. The number of benzene rings is 2. The summed E-state index contributed by atoms with van der Waals surface area (Å²) in [6.45, 7) is 0. The quantitative estimate of drug-likeness (QED) is 0.695. The molecule has 112 valence electrons. The zero-order chi connectivity index (χ0) is 15.6. The molecule has 0 spiro atoms. The second-order valence-electron chi connectivity index (χ2n) is 4.41. The molecular formula is C14H13F2NO3S. The molecule has 2 aromatic carbocycles. The van der Waals surface area contributed by atoms with E-state index in [1.165, 1.54) is 19.2 Å². The third-order valence-corrected chi connectivity index (χ3v) is 4.57. The summed E-state index contributed by atoms with van der Waals surface area (Å²) in [5.41, 5.74) is 6.28. The molecule has 0 fully saturated rings. The summed E-state index contributed by atoms with van der Waals surface area (Å²) in [6, 6.07) is 6.86. The fourth-order valence-corrected chi connectivity index (χ4v) is 3.34. The Balaban J connectivity index is 2.44. The van der Waals surface area contributed by atoms with Crippen LogP contribution in [0.3, 0.4) is 0 Å². The van der Waals surface area contributed by atoms with Gasteiger partial charge < -0.3 is 10.5 Å². The van der Waals surface area contributed by atoms with E-state index in [-0.39, 0.29) is 0 Å². The highest BCUT2D eigenvalue weighted by molar-refractivity contribution is 7.90. The first-order valence-corrected chi connectivity index (χ1v) is 7.59. The molecule has 0 heterocycles. The molecule has 0 saturated carbocycles. The Morgan fingerprint density at radius 1 is 1.14 bits per heavy atom. The van der Waals surface area contributed by atoms with Gasteiger partial charge in [-0.1, -0.05) is 0 Å². The van der Waals surface area contributed by atoms with Gasteiger partial charge in [0.2, 0.25) is 0 Å². The average molecular weight is 313 g/mol. The van der Waals surface area contributed by atoms with Crippen molar-refractivity contribution in [2.24, 2.45) is 0 Å². The Hall–Kier alpha value is -2.15. The molecule has 0 radical (unpaired) electrons. The topological polar surface area (TPSA) is 69.4 Å². The van der Waals surface area contributed by atoms with Crippen molar-refractivity contribution in [2.45, 2.75) is 10.6 Å². The highest BCUT2D eigenvalue weighted by atomic mass is 32.2. The molecule has 2 N–H and O–H groups in total. The van der Waals surface area contributed by atoms with Crippen molar-refractivity contribution in [1.82, 2.24) is 0 Å². The van der Waals surface area contributed by atoms with Gasteiger partial charge in [-0.15, -0.1) is 0 Å².